The van der Waals surface area contributed by atoms with Gasteiger partial charge < -0.3 is 5.11 Å². The molecular formula is C9H6F6O. The topological polar surface area (TPSA) is 20.2 Å². The number of hydrogen-bond donors (Lipinski definition) is 1. The van der Waals surface area contributed by atoms with Crippen molar-refractivity contribution in [3.63, 3.8) is 0 Å². The second-order valence-corrected chi connectivity index (χ2v) is 3.16. The van der Waals surface area contributed by atoms with Crippen LogP contribution in [0.3, 0.4) is 0 Å². The maximum atomic E-state index is 12.3. The molecule has 0 aliphatic heterocycles. The average molecular weight is 244 g/mol. The highest BCUT2D eigenvalue weighted by Gasteiger charge is 2.39. The second-order valence-electron chi connectivity index (χ2n) is 3.16. The molecule has 16 heavy (non-hydrogen) atoms. The molecule has 1 aromatic carbocycles. The van der Waals surface area contributed by atoms with E-state index in [9.17, 15) is 26.3 Å². The van der Waals surface area contributed by atoms with E-state index < -0.39 is 34.8 Å². The Hall–Kier alpha value is -1.40. The van der Waals surface area contributed by atoms with E-state index in [4.69, 9.17) is 5.11 Å². The summed E-state index contributed by atoms with van der Waals surface area (Å²) < 4.78 is 73.9. The molecule has 90 valence electrons. The van der Waals surface area contributed by atoms with Crippen molar-refractivity contribution in [1.82, 2.24) is 0 Å². The van der Waals surface area contributed by atoms with Crippen LogP contribution in [-0.4, -0.2) is 5.11 Å². The minimum absolute atomic E-state index is 0.268. The number of aromatic hydroxyl groups is 1. The van der Waals surface area contributed by atoms with Crippen LogP contribution in [0.1, 0.15) is 16.7 Å². The lowest BCUT2D eigenvalue weighted by molar-refractivity contribution is -0.144. The minimum atomic E-state index is -4.93. The highest BCUT2D eigenvalue weighted by Crippen LogP contribution is 2.41. The van der Waals surface area contributed by atoms with Gasteiger partial charge in [-0.05, 0) is 24.6 Å². The van der Waals surface area contributed by atoms with Gasteiger partial charge in [0.15, 0.2) is 0 Å². The van der Waals surface area contributed by atoms with Gasteiger partial charge in [-0.15, -0.1) is 0 Å². The first-order valence-electron chi connectivity index (χ1n) is 4.01. The van der Waals surface area contributed by atoms with Gasteiger partial charge in [0.05, 0.1) is 11.1 Å². The predicted molar refractivity (Wildman–Crippen MR) is 42.8 cm³/mol. The summed E-state index contributed by atoms with van der Waals surface area (Å²) >= 11 is 0. The zero-order valence-corrected chi connectivity index (χ0v) is 7.87. The Bertz CT molecular complexity index is 368. The Balaban J connectivity index is 3.51. The summed E-state index contributed by atoms with van der Waals surface area (Å²) in [5.74, 6) is -1.06. The summed E-state index contributed by atoms with van der Waals surface area (Å²) in [6, 6.07) is 0.537. The van der Waals surface area contributed by atoms with Gasteiger partial charge in [0, 0.05) is 0 Å². The van der Waals surface area contributed by atoms with E-state index in [1.54, 1.807) is 0 Å². The van der Waals surface area contributed by atoms with E-state index in [-0.39, 0.29) is 12.1 Å². The van der Waals surface area contributed by atoms with Crippen molar-refractivity contribution < 1.29 is 31.4 Å². The highest BCUT2D eigenvalue weighted by atomic mass is 19.4. The first kappa shape index (κ1) is 12.7. The summed E-state index contributed by atoms with van der Waals surface area (Å²) in [6.45, 7) is 0.713. The largest absolute Gasteiger partial charge is 0.508 e. The molecule has 0 heterocycles. The van der Waals surface area contributed by atoms with E-state index in [1.165, 1.54) is 0 Å². The van der Waals surface area contributed by atoms with E-state index in [0.717, 1.165) is 0 Å². The lowest BCUT2D eigenvalue weighted by atomic mass is 10.0. The molecule has 1 N–H and O–H groups in total. The fourth-order valence-electron chi connectivity index (χ4n) is 1.29. The summed E-state index contributed by atoms with van der Waals surface area (Å²) in [7, 11) is 0. The first-order chi connectivity index (χ1) is 7.03. The number of phenols is 1. The fraction of sp³-hybridized carbons (Fsp3) is 0.333. The maximum absolute atomic E-state index is 12.3. The molecular weight excluding hydrogens is 238 g/mol. The van der Waals surface area contributed by atoms with Gasteiger partial charge >= 0.3 is 12.4 Å². The molecule has 0 aliphatic carbocycles. The van der Waals surface area contributed by atoms with Crippen molar-refractivity contribution in [2.75, 3.05) is 0 Å². The van der Waals surface area contributed by atoms with Crippen molar-refractivity contribution in [2.24, 2.45) is 0 Å². The molecule has 1 aromatic rings. The number of alkyl halides is 6. The zero-order valence-electron chi connectivity index (χ0n) is 7.87. The van der Waals surface area contributed by atoms with Gasteiger partial charge in [0.2, 0.25) is 0 Å². The molecule has 7 heteroatoms. The van der Waals surface area contributed by atoms with Crippen molar-refractivity contribution in [3.05, 3.63) is 28.8 Å². The van der Waals surface area contributed by atoms with Crippen molar-refractivity contribution in [1.29, 1.82) is 0 Å². The third-order valence-corrected chi connectivity index (χ3v) is 2.00. The van der Waals surface area contributed by atoms with Crippen LogP contribution < -0.4 is 0 Å². The van der Waals surface area contributed by atoms with Gasteiger partial charge in [0.1, 0.15) is 5.75 Å². The van der Waals surface area contributed by atoms with Crippen molar-refractivity contribution >= 4 is 0 Å². The Kier molecular flexibility index (Phi) is 2.82. The standard InChI is InChI=1S/C9H6F6O/c1-4-6(8(10,11)12)2-5(16)3-7(4)9(13,14)15/h2-3,16H,1H3. The molecule has 0 amide bonds. The Morgan fingerprint density at radius 2 is 1.19 bits per heavy atom. The molecule has 0 atom stereocenters. The van der Waals surface area contributed by atoms with Crippen LogP contribution in [0.5, 0.6) is 5.75 Å². The van der Waals surface area contributed by atoms with Crippen LogP contribution in [0, 0.1) is 6.92 Å². The third kappa shape index (κ3) is 2.40. The van der Waals surface area contributed by atoms with Crippen LogP contribution in [0.15, 0.2) is 12.1 Å². The van der Waals surface area contributed by atoms with Gasteiger partial charge in [-0.1, -0.05) is 0 Å². The predicted octanol–water partition coefficient (Wildman–Crippen LogP) is 3.74. The quantitative estimate of drug-likeness (QED) is 0.689. The van der Waals surface area contributed by atoms with Crippen LogP contribution >= 0.6 is 0 Å². The van der Waals surface area contributed by atoms with E-state index in [1.807, 2.05) is 0 Å². The van der Waals surface area contributed by atoms with Gasteiger partial charge in [0.25, 0.3) is 0 Å². The van der Waals surface area contributed by atoms with Crippen LogP contribution in [0.2, 0.25) is 0 Å². The molecule has 1 nitrogen and oxygen atoms in total. The maximum Gasteiger partial charge on any atom is 0.416 e. The first-order valence-corrected chi connectivity index (χ1v) is 4.01. The number of rotatable bonds is 0. The molecule has 0 bridgehead atoms. The molecule has 0 radical (unpaired) electrons. The van der Waals surface area contributed by atoms with E-state index in [2.05, 4.69) is 0 Å². The SMILES string of the molecule is Cc1c(C(F)(F)F)cc(O)cc1C(F)(F)F. The number of benzene rings is 1. The zero-order chi connectivity index (χ0) is 12.7. The highest BCUT2D eigenvalue weighted by molar-refractivity contribution is 5.43. The Morgan fingerprint density at radius 3 is 1.44 bits per heavy atom. The van der Waals surface area contributed by atoms with Gasteiger partial charge in [-0.25, -0.2) is 0 Å². The molecule has 0 saturated heterocycles. The lowest BCUT2D eigenvalue weighted by Crippen LogP contribution is -2.14. The minimum Gasteiger partial charge on any atom is -0.508 e. The van der Waals surface area contributed by atoms with Crippen LogP contribution in [-0.2, 0) is 12.4 Å². The Labute approximate surface area is 86.3 Å². The van der Waals surface area contributed by atoms with E-state index in [0.29, 0.717) is 6.92 Å². The lowest BCUT2D eigenvalue weighted by Gasteiger charge is -2.16. The number of phenolic OH excluding ortho intramolecular Hbond substituents is 1. The molecule has 0 spiro atoms. The molecule has 0 fully saturated rings. The second kappa shape index (κ2) is 3.57. The number of halogens is 6. The number of hydrogen-bond acceptors (Lipinski definition) is 1. The smallest absolute Gasteiger partial charge is 0.416 e. The average Bonchev–Trinajstić information content (AvgIpc) is 2.04. The molecule has 0 aliphatic rings. The van der Waals surface area contributed by atoms with Crippen molar-refractivity contribution in [2.45, 2.75) is 19.3 Å². The Morgan fingerprint density at radius 1 is 0.875 bits per heavy atom. The molecule has 1 rings (SSSR count). The summed E-state index contributed by atoms with van der Waals surface area (Å²) in [6.07, 6.45) is -9.86. The summed E-state index contributed by atoms with van der Waals surface area (Å²) in [5.41, 5.74) is -3.92. The van der Waals surface area contributed by atoms with Crippen LogP contribution in [0.25, 0.3) is 0 Å². The van der Waals surface area contributed by atoms with Crippen molar-refractivity contribution in [3.8, 4) is 5.75 Å². The molecule has 0 saturated carbocycles. The van der Waals surface area contributed by atoms with Gasteiger partial charge in [-0.3, -0.25) is 0 Å². The fourth-order valence-corrected chi connectivity index (χ4v) is 1.29. The van der Waals surface area contributed by atoms with Crippen LogP contribution in [0.4, 0.5) is 26.3 Å². The normalized spacial score (nSPS) is 12.9. The third-order valence-electron chi connectivity index (χ3n) is 2.00. The monoisotopic (exact) mass is 244 g/mol. The van der Waals surface area contributed by atoms with E-state index >= 15 is 0 Å². The summed E-state index contributed by atoms with van der Waals surface area (Å²) in [4.78, 5) is 0. The summed E-state index contributed by atoms with van der Waals surface area (Å²) in [5, 5.41) is 8.85. The van der Waals surface area contributed by atoms with Gasteiger partial charge in [-0.2, -0.15) is 26.3 Å². The molecule has 0 aromatic heterocycles. The molecule has 0 unspecified atom stereocenters.